The van der Waals surface area contributed by atoms with E-state index in [1.54, 1.807) is 30.3 Å². The Morgan fingerprint density at radius 3 is 2.62 bits per heavy atom. The molecule has 11 heteroatoms. The maximum absolute atomic E-state index is 12.3. The second-order valence-electron chi connectivity index (χ2n) is 8.96. The highest BCUT2D eigenvalue weighted by Gasteiger charge is 2.43. The van der Waals surface area contributed by atoms with Gasteiger partial charge in [0.05, 0.1) is 30.1 Å². The number of likely N-dealkylation sites (tertiary alicyclic amines) is 1. The fourth-order valence-corrected chi connectivity index (χ4v) is 3.72. The van der Waals surface area contributed by atoms with Crippen LogP contribution in [-0.2, 0) is 15.0 Å². The third-order valence-electron chi connectivity index (χ3n) is 5.27. The Hall–Kier alpha value is -2.81. The van der Waals surface area contributed by atoms with Gasteiger partial charge in [-0.25, -0.2) is 14.8 Å². The molecule has 10 nitrogen and oxygen atoms in total. The van der Waals surface area contributed by atoms with Crippen molar-refractivity contribution in [2.45, 2.75) is 57.9 Å². The molecule has 1 fully saturated rings. The summed E-state index contributed by atoms with van der Waals surface area (Å²) in [7, 11) is 1.53. The molecular formula is C21H27ClN6O4. The van der Waals surface area contributed by atoms with Gasteiger partial charge in [-0.1, -0.05) is 16.7 Å². The first-order valence-electron chi connectivity index (χ1n) is 10.2. The Morgan fingerprint density at radius 1 is 1.31 bits per heavy atom. The number of amides is 1. The van der Waals surface area contributed by atoms with Crippen LogP contribution in [0.3, 0.4) is 0 Å². The van der Waals surface area contributed by atoms with E-state index in [-0.39, 0.29) is 30.0 Å². The number of ether oxygens (including phenoxy) is 3. The van der Waals surface area contributed by atoms with Gasteiger partial charge in [-0.3, -0.25) is 4.90 Å². The van der Waals surface area contributed by atoms with Crippen LogP contribution in [0.4, 0.5) is 4.79 Å². The molecule has 0 aliphatic carbocycles. The fourth-order valence-electron chi connectivity index (χ4n) is 3.56. The van der Waals surface area contributed by atoms with Gasteiger partial charge in [0.15, 0.2) is 0 Å². The normalized spacial score (nSPS) is 20.2. The van der Waals surface area contributed by atoms with E-state index in [1.807, 2.05) is 27.7 Å². The van der Waals surface area contributed by atoms with E-state index in [0.29, 0.717) is 28.8 Å². The van der Waals surface area contributed by atoms with E-state index in [9.17, 15) is 4.79 Å². The third-order valence-corrected chi connectivity index (χ3v) is 5.48. The Kier molecular flexibility index (Phi) is 6.69. The van der Waals surface area contributed by atoms with E-state index in [4.69, 9.17) is 31.3 Å². The van der Waals surface area contributed by atoms with Crippen LogP contribution in [-0.4, -0.2) is 59.0 Å². The zero-order chi connectivity index (χ0) is 23.7. The molecule has 0 N–H and O–H groups in total. The lowest BCUT2D eigenvalue weighted by Crippen LogP contribution is -2.63. The van der Waals surface area contributed by atoms with E-state index in [0.717, 1.165) is 0 Å². The molecule has 0 spiro atoms. The van der Waals surface area contributed by atoms with Crippen molar-refractivity contribution in [3.63, 3.8) is 0 Å². The smallest absolute Gasteiger partial charge is 0.410 e. The lowest BCUT2D eigenvalue weighted by atomic mass is 9.91. The van der Waals surface area contributed by atoms with E-state index >= 15 is 0 Å². The summed E-state index contributed by atoms with van der Waals surface area (Å²) in [5.41, 5.74) is 8.14. The number of aromatic nitrogens is 2. The van der Waals surface area contributed by atoms with E-state index < -0.39 is 11.1 Å². The summed E-state index contributed by atoms with van der Waals surface area (Å²) in [4.78, 5) is 25.6. The minimum Gasteiger partial charge on any atom is -0.470 e. The van der Waals surface area contributed by atoms with Crippen molar-refractivity contribution >= 4 is 28.5 Å². The Balaban J connectivity index is 1.90. The van der Waals surface area contributed by atoms with Crippen molar-refractivity contribution in [1.29, 1.82) is 0 Å². The van der Waals surface area contributed by atoms with E-state index in [1.165, 1.54) is 7.11 Å². The summed E-state index contributed by atoms with van der Waals surface area (Å²) < 4.78 is 16.8. The summed E-state index contributed by atoms with van der Waals surface area (Å²) in [6, 6.07) is 1.49. The number of hydrogen-bond acceptors (Lipinski definition) is 7. The minimum absolute atomic E-state index is 0.151. The largest absolute Gasteiger partial charge is 0.470 e. The molecule has 172 valence electrons. The number of hydrogen-bond donors (Lipinski definition) is 0. The van der Waals surface area contributed by atoms with Gasteiger partial charge < -0.3 is 14.2 Å². The number of methoxy groups -OCH3 is 1. The maximum atomic E-state index is 12.3. The number of nitrogens with zero attached hydrogens (tertiary/aromatic N) is 6. The maximum Gasteiger partial charge on any atom is 0.410 e. The van der Waals surface area contributed by atoms with Crippen molar-refractivity contribution in [2.75, 3.05) is 20.3 Å². The number of pyridine rings is 2. The standard InChI is InChI=1S/C21H27ClN6O4/c1-12-16(10-28(12)19(29)32-20(2,3)4)31-18-14-8-24-17(22)7-13(14)15(9-25-18)21(5,11-30-6)26-27-23/h7-9,12,16H,10-11H2,1-6H3/t12-,16+,21+/m0/s1. The SMILES string of the molecule is COC[C@@](C)(N=[N+]=[N-])c1cnc(O[C@@H]2CN(C(=O)OC(C)(C)C)[C@H]2C)c2cnc(Cl)cc12. The molecule has 0 unspecified atom stereocenters. The lowest BCUT2D eigenvalue weighted by Gasteiger charge is -2.45. The Labute approximate surface area is 191 Å². The average molecular weight is 463 g/mol. The molecular weight excluding hydrogens is 436 g/mol. The summed E-state index contributed by atoms with van der Waals surface area (Å²) >= 11 is 6.16. The van der Waals surface area contributed by atoms with Gasteiger partial charge in [-0.15, -0.1) is 0 Å². The summed E-state index contributed by atoms with van der Waals surface area (Å²) in [6.45, 7) is 9.66. The molecule has 1 aliphatic rings. The summed E-state index contributed by atoms with van der Waals surface area (Å²) in [5.74, 6) is 0.356. The highest BCUT2D eigenvalue weighted by molar-refractivity contribution is 6.30. The van der Waals surface area contributed by atoms with Gasteiger partial charge in [-0.2, -0.15) is 0 Å². The van der Waals surface area contributed by atoms with Crippen molar-refractivity contribution in [2.24, 2.45) is 5.11 Å². The second kappa shape index (κ2) is 8.97. The van der Waals surface area contributed by atoms with E-state index in [2.05, 4.69) is 20.0 Å². The molecule has 1 saturated heterocycles. The van der Waals surface area contributed by atoms with Gasteiger partial charge in [0.2, 0.25) is 5.88 Å². The highest BCUT2D eigenvalue weighted by atomic mass is 35.5. The topological polar surface area (TPSA) is 123 Å². The summed E-state index contributed by atoms with van der Waals surface area (Å²) in [6.07, 6.45) is 2.52. The van der Waals surface area contributed by atoms with Crippen molar-refractivity contribution in [1.82, 2.24) is 14.9 Å². The molecule has 0 aromatic carbocycles. The molecule has 32 heavy (non-hydrogen) atoms. The minimum atomic E-state index is -1.00. The number of rotatable bonds is 6. The van der Waals surface area contributed by atoms with Crippen LogP contribution in [0.25, 0.3) is 21.2 Å². The van der Waals surface area contributed by atoms with Crippen LogP contribution in [0, 0.1) is 0 Å². The van der Waals surface area contributed by atoms with Gasteiger partial charge in [0, 0.05) is 24.4 Å². The third kappa shape index (κ3) is 4.82. The zero-order valence-corrected chi connectivity index (χ0v) is 19.8. The van der Waals surface area contributed by atoms with Crippen LogP contribution >= 0.6 is 11.6 Å². The molecule has 1 aliphatic heterocycles. The zero-order valence-electron chi connectivity index (χ0n) is 19.0. The average Bonchev–Trinajstić information content (AvgIpc) is 2.68. The van der Waals surface area contributed by atoms with Gasteiger partial charge in [0.25, 0.3) is 0 Å². The number of halogens is 1. The van der Waals surface area contributed by atoms with Crippen LogP contribution < -0.4 is 4.74 Å². The first-order valence-corrected chi connectivity index (χ1v) is 10.5. The molecule has 1 amide bonds. The Bertz CT molecular complexity index is 1070. The van der Waals surface area contributed by atoms with Crippen molar-refractivity contribution in [3.05, 3.63) is 39.6 Å². The van der Waals surface area contributed by atoms with Gasteiger partial charge in [0.1, 0.15) is 16.9 Å². The molecule has 3 heterocycles. The second-order valence-corrected chi connectivity index (χ2v) is 9.34. The number of carbonyl (C=O) groups excluding carboxylic acids is 1. The lowest BCUT2D eigenvalue weighted by molar-refractivity contribution is -0.0544. The van der Waals surface area contributed by atoms with Crippen LogP contribution in [0.2, 0.25) is 5.15 Å². The first-order chi connectivity index (χ1) is 15.0. The molecule has 0 saturated carbocycles. The van der Waals surface area contributed by atoms with Gasteiger partial charge >= 0.3 is 6.09 Å². The molecule has 0 bridgehead atoms. The van der Waals surface area contributed by atoms with Crippen LogP contribution in [0.15, 0.2) is 23.6 Å². The molecule has 2 aromatic heterocycles. The monoisotopic (exact) mass is 462 g/mol. The predicted octanol–water partition coefficient (Wildman–Crippen LogP) is 4.84. The molecule has 3 rings (SSSR count). The predicted molar refractivity (Wildman–Crippen MR) is 120 cm³/mol. The first kappa shape index (κ1) is 23.8. The number of carbonyl (C=O) groups is 1. The molecule has 3 atom stereocenters. The summed E-state index contributed by atoms with van der Waals surface area (Å²) in [5, 5.41) is 5.53. The van der Waals surface area contributed by atoms with Crippen LogP contribution in [0.5, 0.6) is 5.88 Å². The number of fused-ring (bicyclic) bond motifs is 1. The highest BCUT2D eigenvalue weighted by Crippen LogP contribution is 2.37. The quantitative estimate of drug-likeness (QED) is 0.262. The Morgan fingerprint density at radius 2 is 2.03 bits per heavy atom. The van der Waals surface area contributed by atoms with Crippen LogP contribution in [0.1, 0.15) is 40.2 Å². The number of azide groups is 1. The molecule has 2 aromatic rings. The van der Waals surface area contributed by atoms with Gasteiger partial charge in [-0.05, 0) is 57.2 Å². The molecule has 0 radical (unpaired) electrons. The fraction of sp³-hybridized carbons (Fsp3) is 0.571. The van der Waals surface area contributed by atoms with Crippen molar-refractivity contribution in [3.8, 4) is 5.88 Å². The van der Waals surface area contributed by atoms with Crippen molar-refractivity contribution < 1.29 is 19.0 Å².